The number of halogens is 2. The van der Waals surface area contributed by atoms with Crippen molar-refractivity contribution in [2.45, 2.75) is 12.5 Å². The Bertz CT molecular complexity index is 604. The summed E-state index contributed by atoms with van der Waals surface area (Å²) in [5.41, 5.74) is 7.22. The molecule has 2 rings (SSSR count). The standard InChI is InChI=1S/C15H14BrFN2O/c16-12-7-6-11(17)9-14(12)19-15(20)13(18)8-10-4-2-1-3-5-10/h1-7,9,13H,8,18H2,(H,19,20)/t13-/m1/s1. The number of hydrogen-bond acceptors (Lipinski definition) is 2. The summed E-state index contributed by atoms with van der Waals surface area (Å²) in [6, 6.07) is 12.9. The van der Waals surface area contributed by atoms with Gasteiger partial charge in [0.25, 0.3) is 0 Å². The fraction of sp³-hybridized carbons (Fsp3) is 0.133. The highest BCUT2D eigenvalue weighted by atomic mass is 79.9. The topological polar surface area (TPSA) is 55.1 Å². The molecule has 0 aliphatic rings. The second kappa shape index (κ2) is 6.63. The van der Waals surface area contributed by atoms with Crippen molar-refractivity contribution in [2.24, 2.45) is 5.73 Å². The summed E-state index contributed by atoms with van der Waals surface area (Å²) >= 11 is 3.25. The van der Waals surface area contributed by atoms with Crippen LogP contribution in [0.4, 0.5) is 10.1 Å². The molecule has 3 N–H and O–H groups in total. The van der Waals surface area contributed by atoms with Gasteiger partial charge in [0.05, 0.1) is 11.7 Å². The minimum atomic E-state index is -0.687. The molecule has 0 aromatic heterocycles. The van der Waals surface area contributed by atoms with Crippen LogP contribution in [0.25, 0.3) is 0 Å². The van der Waals surface area contributed by atoms with Gasteiger partial charge in [0.1, 0.15) is 5.82 Å². The molecule has 2 aromatic carbocycles. The molecule has 0 fully saturated rings. The average molecular weight is 337 g/mol. The fourth-order valence-corrected chi connectivity index (χ4v) is 2.13. The van der Waals surface area contributed by atoms with E-state index in [2.05, 4.69) is 21.2 Å². The van der Waals surface area contributed by atoms with Crippen molar-refractivity contribution < 1.29 is 9.18 Å². The van der Waals surface area contributed by atoms with E-state index in [1.54, 1.807) is 0 Å². The van der Waals surface area contributed by atoms with Crippen molar-refractivity contribution in [3.8, 4) is 0 Å². The number of amides is 1. The molecule has 0 spiro atoms. The Morgan fingerprint density at radius 2 is 1.95 bits per heavy atom. The molecular weight excluding hydrogens is 323 g/mol. The second-order valence-corrected chi connectivity index (χ2v) is 5.26. The third kappa shape index (κ3) is 3.88. The Balaban J connectivity index is 2.02. The van der Waals surface area contributed by atoms with Crippen LogP contribution in [0.2, 0.25) is 0 Å². The summed E-state index contributed by atoms with van der Waals surface area (Å²) in [5, 5.41) is 2.62. The molecular formula is C15H14BrFN2O. The number of carbonyl (C=O) groups is 1. The average Bonchev–Trinajstić information content (AvgIpc) is 2.44. The van der Waals surface area contributed by atoms with Gasteiger partial charge in [-0.25, -0.2) is 4.39 Å². The minimum absolute atomic E-state index is 0.347. The van der Waals surface area contributed by atoms with Crippen LogP contribution in [0.15, 0.2) is 53.0 Å². The van der Waals surface area contributed by atoms with E-state index in [1.165, 1.54) is 18.2 Å². The second-order valence-electron chi connectivity index (χ2n) is 4.41. The molecule has 5 heteroatoms. The number of anilines is 1. The number of nitrogens with two attached hydrogens (primary N) is 1. The predicted molar refractivity (Wildman–Crippen MR) is 80.9 cm³/mol. The molecule has 0 radical (unpaired) electrons. The zero-order valence-electron chi connectivity index (χ0n) is 10.6. The van der Waals surface area contributed by atoms with E-state index in [4.69, 9.17) is 5.73 Å². The monoisotopic (exact) mass is 336 g/mol. The maximum absolute atomic E-state index is 13.1. The van der Waals surface area contributed by atoms with Crippen molar-refractivity contribution in [1.29, 1.82) is 0 Å². The lowest BCUT2D eigenvalue weighted by Gasteiger charge is -2.13. The molecule has 1 atom stereocenters. The van der Waals surface area contributed by atoms with Crippen LogP contribution >= 0.6 is 15.9 Å². The first-order valence-electron chi connectivity index (χ1n) is 6.11. The third-order valence-corrected chi connectivity index (χ3v) is 3.51. The quantitative estimate of drug-likeness (QED) is 0.901. The molecule has 2 aromatic rings. The predicted octanol–water partition coefficient (Wildman–Crippen LogP) is 3.10. The molecule has 0 aliphatic carbocycles. The highest BCUT2D eigenvalue weighted by Crippen LogP contribution is 2.23. The summed E-state index contributed by atoms with van der Waals surface area (Å²) in [6.45, 7) is 0. The van der Waals surface area contributed by atoms with E-state index < -0.39 is 11.9 Å². The summed E-state index contributed by atoms with van der Waals surface area (Å²) < 4.78 is 13.8. The van der Waals surface area contributed by atoms with Gasteiger partial charge in [-0.1, -0.05) is 30.3 Å². The number of benzene rings is 2. The van der Waals surface area contributed by atoms with Gasteiger partial charge in [-0.3, -0.25) is 4.79 Å². The van der Waals surface area contributed by atoms with Crippen LogP contribution in [0.5, 0.6) is 0 Å². The van der Waals surface area contributed by atoms with Gasteiger partial charge in [0.15, 0.2) is 0 Å². The van der Waals surface area contributed by atoms with Crippen LogP contribution in [-0.2, 0) is 11.2 Å². The molecule has 0 aliphatic heterocycles. The summed E-state index contributed by atoms with van der Waals surface area (Å²) in [7, 11) is 0. The zero-order valence-corrected chi connectivity index (χ0v) is 12.2. The lowest BCUT2D eigenvalue weighted by molar-refractivity contribution is -0.117. The van der Waals surface area contributed by atoms with Crippen molar-refractivity contribution in [3.05, 3.63) is 64.4 Å². The lowest BCUT2D eigenvalue weighted by Crippen LogP contribution is -2.37. The Labute approximate surface area is 125 Å². The smallest absolute Gasteiger partial charge is 0.241 e. The molecule has 0 heterocycles. The highest BCUT2D eigenvalue weighted by Gasteiger charge is 2.15. The maximum atomic E-state index is 13.1. The molecule has 0 bridgehead atoms. The number of rotatable bonds is 4. The Morgan fingerprint density at radius 3 is 2.65 bits per heavy atom. The number of hydrogen-bond donors (Lipinski definition) is 2. The summed E-state index contributed by atoms with van der Waals surface area (Å²) in [5.74, 6) is -0.764. The van der Waals surface area contributed by atoms with Gasteiger partial charge >= 0.3 is 0 Å². The molecule has 0 saturated carbocycles. The van der Waals surface area contributed by atoms with Gasteiger partial charge in [-0.05, 0) is 46.1 Å². The van der Waals surface area contributed by atoms with Crippen molar-refractivity contribution in [1.82, 2.24) is 0 Å². The van der Waals surface area contributed by atoms with E-state index in [0.717, 1.165) is 5.56 Å². The van der Waals surface area contributed by atoms with Crippen molar-refractivity contribution in [3.63, 3.8) is 0 Å². The van der Waals surface area contributed by atoms with Gasteiger partial charge in [0, 0.05) is 4.47 Å². The molecule has 104 valence electrons. The van der Waals surface area contributed by atoms with Gasteiger partial charge < -0.3 is 11.1 Å². The van der Waals surface area contributed by atoms with Crippen molar-refractivity contribution >= 4 is 27.5 Å². The maximum Gasteiger partial charge on any atom is 0.241 e. The van der Waals surface area contributed by atoms with E-state index >= 15 is 0 Å². The van der Waals surface area contributed by atoms with Crippen molar-refractivity contribution in [2.75, 3.05) is 5.32 Å². The first kappa shape index (κ1) is 14.7. The summed E-state index contributed by atoms with van der Waals surface area (Å²) in [6.07, 6.45) is 0.430. The Hall–Kier alpha value is -1.72. The zero-order chi connectivity index (χ0) is 14.5. The number of nitrogens with one attached hydrogen (secondary N) is 1. The van der Waals surface area contributed by atoms with Crippen LogP contribution in [0.3, 0.4) is 0 Å². The van der Waals surface area contributed by atoms with E-state index in [0.29, 0.717) is 16.6 Å². The molecule has 0 unspecified atom stereocenters. The Kier molecular flexibility index (Phi) is 4.87. The van der Waals surface area contributed by atoms with E-state index in [1.807, 2.05) is 30.3 Å². The molecule has 0 saturated heterocycles. The summed E-state index contributed by atoms with van der Waals surface area (Å²) in [4.78, 5) is 12.0. The molecule has 1 amide bonds. The van der Waals surface area contributed by atoms with Gasteiger partial charge in [-0.2, -0.15) is 0 Å². The van der Waals surface area contributed by atoms with Crippen LogP contribution in [0.1, 0.15) is 5.56 Å². The van der Waals surface area contributed by atoms with Crippen LogP contribution in [-0.4, -0.2) is 11.9 Å². The first-order valence-corrected chi connectivity index (χ1v) is 6.91. The minimum Gasteiger partial charge on any atom is -0.324 e. The van der Waals surface area contributed by atoms with Crippen LogP contribution < -0.4 is 11.1 Å². The largest absolute Gasteiger partial charge is 0.324 e. The molecule has 20 heavy (non-hydrogen) atoms. The lowest BCUT2D eigenvalue weighted by atomic mass is 10.1. The normalized spacial score (nSPS) is 11.9. The van der Waals surface area contributed by atoms with Gasteiger partial charge in [0.2, 0.25) is 5.91 Å². The highest BCUT2D eigenvalue weighted by molar-refractivity contribution is 9.10. The fourth-order valence-electron chi connectivity index (χ4n) is 1.78. The Morgan fingerprint density at radius 1 is 1.25 bits per heavy atom. The van der Waals surface area contributed by atoms with E-state index in [-0.39, 0.29) is 5.91 Å². The van der Waals surface area contributed by atoms with E-state index in [9.17, 15) is 9.18 Å². The third-order valence-electron chi connectivity index (χ3n) is 2.82. The molecule has 3 nitrogen and oxygen atoms in total. The SMILES string of the molecule is N[C@H](Cc1ccccc1)C(=O)Nc1cc(F)ccc1Br. The first-order chi connectivity index (χ1) is 9.56. The van der Waals surface area contributed by atoms with Gasteiger partial charge in [-0.15, -0.1) is 0 Å². The van der Waals surface area contributed by atoms with Crippen LogP contribution in [0, 0.1) is 5.82 Å². The number of carbonyl (C=O) groups excluding carboxylic acids is 1.